The van der Waals surface area contributed by atoms with Crippen molar-refractivity contribution >= 4 is 20.3 Å². The molecule has 31 heavy (non-hydrogen) atoms. The average Bonchev–Trinajstić information content (AvgIpc) is 3.47. The molecule has 0 aromatic carbocycles. The van der Waals surface area contributed by atoms with Crippen molar-refractivity contribution in [3.8, 4) is 11.8 Å². The van der Waals surface area contributed by atoms with E-state index in [0.29, 0.717) is 28.5 Å². The van der Waals surface area contributed by atoms with Gasteiger partial charge in [0, 0.05) is 13.0 Å². The van der Waals surface area contributed by atoms with Gasteiger partial charge in [-0.15, -0.1) is 11.8 Å². The van der Waals surface area contributed by atoms with Crippen LogP contribution in [0.1, 0.15) is 67.7 Å². The Labute approximate surface area is 190 Å². The van der Waals surface area contributed by atoms with E-state index in [9.17, 15) is 9.59 Å². The van der Waals surface area contributed by atoms with Crippen LogP contribution in [0.3, 0.4) is 0 Å². The van der Waals surface area contributed by atoms with Crippen molar-refractivity contribution in [2.24, 2.45) is 17.3 Å². The number of hydrogen-bond acceptors (Lipinski definition) is 5. The molecule has 0 radical (unpaired) electrons. The second kappa shape index (κ2) is 11.9. The molecule has 1 saturated carbocycles. The zero-order chi connectivity index (χ0) is 23.8. The monoisotopic (exact) mass is 450 g/mol. The van der Waals surface area contributed by atoms with Gasteiger partial charge < -0.3 is 13.9 Å². The molecule has 6 heteroatoms. The third kappa shape index (κ3) is 6.23. The second-order valence-electron chi connectivity index (χ2n) is 9.59. The Balaban J connectivity index is 2.83. The SMILES string of the molecule is CC#CCC(C/C=C/[C@@H]1C[C@@H]1CO[Si](C(C)C)(C(C)C)C(C)C)(C(=O)OC)C(=O)OC. The van der Waals surface area contributed by atoms with Crippen molar-refractivity contribution in [3.63, 3.8) is 0 Å². The van der Waals surface area contributed by atoms with Gasteiger partial charge in [-0.25, -0.2) is 0 Å². The van der Waals surface area contributed by atoms with Crippen LogP contribution in [0.4, 0.5) is 0 Å². The molecule has 0 spiro atoms. The summed E-state index contributed by atoms with van der Waals surface area (Å²) in [5.41, 5.74) is 0.292. The molecule has 1 fully saturated rings. The molecule has 0 bridgehead atoms. The van der Waals surface area contributed by atoms with Gasteiger partial charge in [0.15, 0.2) is 13.7 Å². The maximum atomic E-state index is 12.5. The van der Waals surface area contributed by atoms with Crippen LogP contribution >= 0.6 is 0 Å². The molecule has 1 rings (SSSR count). The zero-order valence-electron chi connectivity index (χ0n) is 20.9. The molecule has 5 nitrogen and oxygen atoms in total. The predicted molar refractivity (Wildman–Crippen MR) is 127 cm³/mol. The molecular formula is C25H42O5Si. The molecule has 0 aliphatic heterocycles. The Morgan fingerprint density at radius 2 is 1.55 bits per heavy atom. The predicted octanol–water partition coefficient (Wildman–Crippen LogP) is 5.51. The second-order valence-corrected chi connectivity index (χ2v) is 15.0. The molecule has 0 unspecified atom stereocenters. The van der Waals surface area contributed by atoms with E-state index in [1.807, 2.05) is 6.08 Å². The van der Waals surface area contributed by atoms with Crippen molar-refractivity contribution < 1.29 is 23.5 Å². The van der Waals surface area contributed by atoms with Gasteiger partial charge in [-0.1, -0.05) is 53.7 Å². The van der Waals surface area contributed by atoms with Crippen molar-refractivity contribution in [1.82, 2.24) is 0 Å². The van der Waals surface area contributed by atoms with Gasteiger partial charge in [0.05, 0.1) is 14.2 Å². The van der Waals surface area contributed by atoms with Crippen LogP contribution in [0.15, 0.2) is 12.2 Å². The number of allylic oxidation sites excluding steroid dienone is 2. The third-order valence-corrected chi connectivity index (χ3v) is 12.9. The van der Waals surface area contributed by atoms with Gasteiger partial charge in [0.25, 0.3) is 0 Å². The molecule has 176 valence electrons. The first-order valence-corrected chi connectivity index (χ1v) is 13.5. The summed E-state index contributed by atoms with van der Waals surface area (Å²) >= 11 is 0. The molecule has 0 amide bonds. The Kier molecular flexibility index (Phi) is 10.5. The summed E-state index contributed by atoms with van der Waals surface area (Å²) in [6.07, 6.45) is 5.39. The minimum atomic E-state index is -1.86. The van der Waals surface area contributed by atoms with Gasteiger partial charge >= 0.3 is 11.9 Å². The maximum absolute atomic E-state index is 12.5. The van der Waals surface area contributed by atoms with Crippen LogP contribution in [0.25, 0.3) is 0 Å². The Morgan fingerprint density at radius 3 is 1.97 bits per heavy atom. The fourth-order valence-corrected chi connectivity index (χ4v) is 10.5. The Morgan fingerprint density at radius 1 is 1.03 bits per heavy atom. The molecule has 0 saturated heterocycles. The number of hydrogen-bond donors (Lipinski definition) is 0. The van der Waals surface area contributed by atoms with E-state index < -0.39 is 25.7 Å². The van der Waals surface area contributed by atoms with Crippen LogP contribution in [0.5, 0.6) is 0 Å². The number of carbonyl (C=O) groups excluding carboxylic acids is 2. The van der Waals surface area contributed by atoms with Gasteiger partial charge in [0.1, 0.15) is 0 Å². The molecular weight excluding hydrogens is 408 g/mol. The summed E-state index contributed by atoms with van der Waals surface area (Å²) in [4.78, 5) is 24.9. The van der Waals surface area contributed by atoms with E-state index in [1.54, 1.807) is 6.92 Å². The lowest BCUT2D eigenvalue weighted by Crippen LogP contribution is -2.48. The molecule has 0 N–H and O–H groups in total. The van der Waals surface area contributed by atoms with Crippen LogP contribution in [0.2, 0.25) is 16.6 Å². The van der Waals surface area contributed by atoms with Crippen molar-refractivity contribution in [3.05, 3.63) is 12.2 Å². The standard InChI is InChI=1S/C25H42O5Si/c1-10-11-14-25(23(26)28-8,24(27)29-9)15-12-13-21-16-22(21)17-30-31(18(2)3,19(4)5)20(6)7/h12-13,18-22H,14-17H2,1-9H3/b13-12+/t21-,22-/m1/s1. The minimum absolute atomic E-state index is 0.0790. The first-order valence-electron chi connectivity index (χ1n) is 11.4. The van der Waals surface area contributed by atoms with E-state index in [0.717, 1.165) is 13.0 Å². The first-order chi connectivity index (χ1) is 14.5. The number of esters is 2. The van der Waals surface area contributed by atoms with Crippen LogP contribution in [-0.2, 0) is 23.5 Å². The van der Waals surface area contributed by atoms with E-state index in [-0.39, 0.29) is 12.8 Å². The summed E-state index contributed by atoms with van der Waals surface area (Å²) in [6.45, 7) is 16.3. The van der Waals surface area contributed by atoms with E-state index >= 15 is 0 Å². The van der Waals surface area contributed by atoms with Crippen LogP contribution in [-0.4, -0.2) is 41.1 Å². The molecule has 1 aliphatic rings. The number of rotatable bonds is 12. The van der Waals surface area contributed by atoms with Crippen molar-refractivity contribution in [1.29, 1.82) is 0 Å². The lowest BCUT2D eigenvalue weighted by molar-refractivity contribution is -0.168. The summed E-state index contributed by atoms with van der Waals surface area (Å²) in [5.74, 6) is 5.31. The normalized spacial score (nSPS) is 19.0. The minimum Gasteiger partial charge on any atom is -0.468 e. The highest BCUT2D eigenvalue weighted by Crippen LogP contribution is 2.46. The third-order valence-electron chi connectivity index (χ3n) is 6.80. The molecule has 2 atom stereocenters. The topological polar surface area (TPSA) is 61.8 Å². The van der Waals surface area contributed by atoms with Gasteiger partial charge in [-0.2, -0.15) is 0 Å². The largest absolute Gasteiger partial charge is 0.468 e. The zero-order valence-corrected chi connectivity index (χ0v) is 21.9. The number of methoxy groups -OCH3 is 2. The number of ether oxygens (including phenoxy) is 2. The molecule has 0 aromatic rings. The summed E-state index contributed by atoms with van der Waals surface area (Å²) in [5, 5.41) is 0. The quantitative estimate of drug-likeness (QED) is 0.129. The molecule has 0 aromatic heterocycles. The lowest BCUT2D eigenvalue weighted by atomic mass is 9.81. The Bertz CT molecular complexity index is 661. The van der Waals surface area contributed by atoms with E-state index in [2.05, 4.69) is 59.5 Å². The van der Waals surface area contributed by atoms with Gasteiger partial charge in [-0.3, -0.25) is 9.59 Å². The molecule has 1 aliphatic carbocycles. The Hall–Kier alpha value is -1.58. The highest BCUT2D eigenvalue weighted by atomic mass is 28.4. The summed E-state index contributed by atoms with van der Waals surface area (Å²) in [7, 11) is 0.709. The van der Waals surface area contributed by atoms with Crippen LogP contribution in [0, 0.1) is 29.1 Å². The van der Waals surface area contributed by atoms with Gasteiger partial charge in [0.2, 0.25) is 0 Å². The maximum Gasteiger partial charge on any atom is 0.324 e. The highest BCUT2D eigenvalue weighted by molar-refractivity contribution is 6.77. The molecule has 0 heterocycles. The smallest absolute Gasteiger partial charge is 0.324 e. The van der Waals surface area contributed by atoms with Crippen molar-refractivity contribution in [2.45, 2.75) is 84.4 Å². The lowest BCUT2D eigenvalue weighted by Gasteiger charge is -2.42. The highest BCUT2D eigenvalue weighted by Gasteiger charge is 2.48. The fourth-order valence-electron chi connectivity index (χ4n) is 4.99. The van der Waals surface area contributed by atoms with E-state index in [1.165, 1.54) is 14.2 Å². The van der Waals surface area contributed by atoms with Crippen LogP contribution < -0.4 is 0 Å². The van der Waals surface area contributed by atoms with Crippen molar-refractivity contribution in [2.75, 3.05) is 20.8 Å². The number of carbonyl (C=O) groups is 2. The van der Waals surface area contributed by atoms with Gasteiger partial charge in [-0.05, 0) is 48.2 Å². The summed E-state index contributed by atoms with van der Waals surface area (Å²) < 4.78 is 16.6. The average molecular weight is 451 g/mol. The van der Waals surface area contributed by atoms with E-state index in [4.69, 9.17) is 13.9 Å². The fraction of sp³-hybridized carbons (Fsp3) is 0.760. The summed E-state index contributed by atoms with van der Waals surface area (Å²) in [6, 6.07) is 0. The first kappa shape index (κ1) is 27.5.